The predicted octanol–water partition coefficient (Wildman–Crippen LogP) is 1.57. The lowest BCUT2D eigenvalue weighted by molar-refractivity contribution is 0.573. The van der Waals surface area contributed by atoms with Crippen molar-refractivity contribution in [1.29, 1.82) is 0 Å². The van der Waals surface area contributed by atoms with Gasteiger partial charge in [-0.15, -0.1) is 0 Å². The molecule has 0 unspecified atom stereocenters. The molecule has 0 radical (unpaired) electrons. The van der Waals surface area contributed by atoms with E-state index in [0.717, 1.165) is 0 Å². The van der Waals surface area contributed by atoms with E-state index >= 15 is 0 Å². The molecule has 0 heterocycles. The van der Waals surface area contributed by atoms with Crippen LogP contribution in [0.4, 0.5) is 4.39 Å². The summed E-state index contributed by atoms with van der Waals surface area (Å²) in [6.07, 6.45) is 0. The number of hydrogen-bond donors (Lipinski definition) is 1. The summed E-state index contributed by atoms with van der Waals surface area (Å²) in [6, 6.07) is 4.92. The molecule has 0 bridgehead atoms. The molecule has 0 saturated heterocycles. The van der Waals surface area contributed by atoms with Gasteiger partial charge in [-0.05, 0) is 19.4 Å². The highest BCUT2D eigenvalue weighted by atomic mass is 32.2. The third kappa shape index (κ3) is 3.28. The van der Waals surface area contributed by atoms with Crippen LogP contribution in [0.1, 0.15) is 18.1 Å². The molecule has 1 N–H and O–H groups in total. The van der Waals surface area contributed by atoms with E-state index in [2.05, 4.69) is 4.72 Å². The molecule has 1 rings (SSSR count). The van der Waals surface area contributed by atoms with Crippen molar-refractivity contribution < 1.29 is 12.8 Å². The number of aryl methyl sites for hydroxylation is 1. The van der Waals surface area contributed by atoms with Crippen LogP contribution >= 0.6 is 0 Å². The van der Waals surface area contributed by atoms with Crippen molar-refractivity contribution in [2.45, 2.75) is 20.4 Å². The minimum atomic E-state index is -3.26. The number of halogens is 1. The Morgan fingerprint density at radius 1 is 1.40 bits per heavy atom. The van der Waals surface area contributed by atoms with Crippen molar-refractivity contribution in [3.63, 3.8) is 0 Å². The fraction of sp³-hybridized carbons (Fsp3) is 0.400. The highest BCUT2D eigenvalue weighted by molar-refractivity contribution is 7.89. The van der Waals surface area contributed by atoms with E-state index in [1.165, 1.54) is 6.92 Å². The molecule has 1 aromatic carbocycles. The molecule has 0 saturated carbocycles. The first-order valence-electron chi connectivity index (χ1n) is 4.67. The minimum absolute atomic E-state index is 0.000431. The minimum Gasteiger partial charge on any atom is -0.212 e. The van der Waals surface area contributed by atoms with Gasteiger partial charge in [-0.3, -0.25) is 0 Å². The fourth-order valence-electron chi connectivity index (χ4n) is 1.13. The van der Waals surface area contributed by atoms with Crippen molar-refractivity contribution in [3.05, 3.63) is 35.1 Å². The largest absolute Gasteiger partial charge is 0.212 e. The first-order chi connectivity index (χ1) is 6.96. The molecular weight excluding hydrogens is 217 g/mol. The van der Waals surface area contributed by atoms with Crippen LogP contribution in [0.5, 0.6) is 0 Å². The van der Waals surface area contributed by atoms with Gasteiger partial charge in [-0.1, -0.05) is 18.2 Å². The van der Waals surface area contributed by atoms with Gasteiger partial charge in [0.2, 0.25) is 10.0 Å². The third-order valence-corrected chi connectivity index (χ3v) is 3.48. The summed E-state index contributed by atoms with van der Waals surface area (Å²) in [5.41, 5.74) is 0.884. The summed E-state index contributed by atoms with van der Waals surface area (Å²) in [5, 5.41) is 0. The summed E-state index contributed by atoms with van der Waals surface area (Å²) >= 11 is 0. The Hall–Kier alpha value is -0.940. The first kappa shape index (κ1) is 12.1. The number of rotatable bonds is 4. The van der Waals surface area contributed by atoms with E-state index in [1.54, 1.807) is 25.1 Å². The van der Waals surface area contributed by atoms with Crippen LogP contribution in [0, 0.1) is 12.7 Å². The van der Waals surface area contributed by atoms with Crippen molar-refractivity contribution in [1.82, 2.24) is 4.72 Å². The van der Waals surface area contributed by atoms with Gasteiger partial charge >= 0.3 is 0 Å². The van der Waals surface area contributed by atoms with E-state index in [4.69, 9.17) is 0 Å². The molecule has 0 aliphatic carbocycles. The second kappa shape index (κ2) is 4.72. The summed E-state index contributed by atoms with van der Waals surface area (Å²) in [4.78, 5) is 0. The molecule has 0 aliphatic rings. The Bertz CT molecular complexity index is 443. The maximum Gasteiger partial charge on any atom is 0.211 e. The Kier molecular flexibility index (Phi) is 3.82. The predicted molar refractivity (Wildman–Crippen MR) is 57.4 cm³/mol. The zero-order valence-electron chi connectivity index (χ0n) is 8.75. The van der Waals surface area contributed by atoms with Gasteiger partial charge in [0.05, 0.1) is 5.75 Å². The van der Waals surface area contributed by atoms with Gasteiger partial charge in [-0.25, -0.2) is 17.5 Å². The molecule has 84 valence electrons. The summed E-state index contributed by atoms with van der Waals surface area (Å²) < 4.78 is 38.0. The zero-order valence-corrected chi connectivity index (χ0v) is 9.57. The smallest absolute Gasteiger partial charge is 0.211 e. The second-order valence-electron chi connectivity index (χ2n) is 3.27. The molecular formula is C10H14FNO2S. The molecule has 1 aromatic rings. The van der Waals surface area contributed by atoms with Gasteiger partial charge in [-0.2, -0.15) is 0 Å². The van der Waals surface area contributed by atoms with E-state index in [1.807, 2.05) is 0 Å². The van der Waals surface area contributed by atoms with Gasteiger partial charge < -0.3 is 0 Å². The molecule has 0 atom stereocenters. The van der Waals surface area contributed by atoms with E-state index < -0.39 is 10.0 Å². The maximum atomic E-state index is 13.4. The van der Waals surface area contributed by atoms with E-state index in [9.17, 15) is 12.8 Å². The lowest BCUT2D eigenvalue weighted by Crippen LogP contribution is -2.25. The average Bonchev–Trinajstić information content (AvgIpc) is 2.20. The Morgan fingerprint density at radius 2 is 2.07 bits per heavy atom. The highest BCUT2D eigenvalue weighted by Gasteiger charge is 2.09. The first-order valence-corrected chi connectivity index (χ1v) is 6.33. The Labute approximate surface area is 89.4 Å². The SMILES string of the molecule is CCS(=O)(=O)NCc1cccc(C)c1F. The summed E-state index contributed by atoms with van der Waals surface area (Å²) in [6.45, 7) is 3.19. The third-order valence-electron chi connectivity index (χ3n) is 2.13. The van der Waals surface area contributed by atoms with Crippen molar-refractivity contribution in [3.8, 4) is 0 Å². The highest BCUT2D eigenvalue weighted by Crippen LogP contribution is 2.11. The lowest BCUT2D eigenvalue weighted by Gasteiger charge is -2.06. The van der Waals surface area contributed by atoms with Gasteiger partial charge in [0.25, 0.3) is 0 Å². The normalized spacial score (nSPS) is 11.7. The molecule has 5 heteroatoms. The molecule has 0 amide bonds. The van der Waals surface area contributed by atoms with Crippen LogP contribution in [0.25, 0.3) is 0 Å². The quantitative estimate of drug-likeness (QED) is 0.855. The maximum absolute atomic E-state index is 13.4. The van der Waals surface area contributed by atoms with Gasteiger partial charge in [0.1, 0.15) is 5.82 Å². The average molecular weight is 231 g/mol. The van der Waals surface area contributed by atoms with Crippen LogP contribution < -0.4 is 4.72 Å². The standard InChI is InChI=1S/C10H14FNO2S/c1-3-15(13,14)12-7-9-6-4-5-8(2)10(9)11/h4-6,12H,3,7H2,1-2H3. The molecule has 15 heavy (non-hydrogen) atoms. The fourth-order valence-corrected chi connectivity index (χ4v) is 1.71. The van der Waals surface area contributed by atoms with Crippen LogP contribution in [0.15, 0.2) is 18.2 Å². The molecule has 3 nitrogen and oxygen atoms in total. The topological polar surface area (TPSA) is 46.2 Å². The molecule has 0 aliphatic heterocycles. The molecule has 0 aromatic heterocycles. The van der Waals surface area contributed by atoms with Crippen LogP contribution in [0.2, 0.25) is 0 Å². The van der Waals surface area contributed by atoms with E-state index in [-0.39, 0.29) is 18.1 Å². The van der Waals surface area contributed by atoms with Crippen molar-refractivity contribution in [2.75, 3.05) is 5.75 Å². The second-order valence-corrected chi connectivity index (χ2v) is 5.37. The Balaban J connectivity index is 2.79. The monoisotopic (exact) mass is 231 g/mol. The lowest BCUT2D eigenvalue weighted by atomic mass is 10.1. The van der Waals surface area contributed by atoms with Crippen LogP contribution in [-0.2, 0) is 16.6 Å². The van der Waals surface area contributed by atoms with Crippen LogP contribution in [-0.4, -0.2) is 14.2 Å². The van der Waals surface area contributed by atoms with E-state index in [0.29, 0.717) is 11.1 Å². The summed E-state index contributed by atoms with van der Waals surface area (Å²) in [7, 11) is -3.26. The summed E-state index contributed by atoms with van der Waals surface area (Å²) in [5.74, 6) is -0.350. The zero-order chi connectivity index (χ0) is 11.5. The Morgan fingerprint density at radius 3 is 2.67 bits per heavy atom. The van der Waals surface area contributed by atoms with Crippen molar-refractivity contribution >= 4 is 10.0 Å². The number of benzene rings is 1. The number of sulfonamides is 1. The van der Waals surface area contributed by atoms with Gasteiger partial charge in [0.15, 0.2) is 0 Å². The number of nitrogens with one attached hydrogen (secondary N) is 1. The van der Waals surface area contributed by atoms with Crippen LogP contribution in [0.3, 0.4) is 0 Å². The van der Waals surface area contributed by atoms with Gasteiger partial charge in [0, 0.05) is 12.1 Å². The number of hydrogen-bond acceptors (Lipinski definition) is 2. The van der Waals surface area contributed by atoms with Crippen molar-refractivity contribution in [2.24, 2.45) is 0 Å². The molecule has 0 fully saturated rings. The molecule has 0 spiro atoms.